The summed E-state index contributed by atoms with van der Waals surface area (Å²) < 4.78 is 0. The Morgan fingerprint density at radius 1 is 1.19 bits per heavy atom. The Bertz CT molecular complexity index is 363. The van der Waals surface area contributed by atoms with Crippen molar-refractivity contribution < 1.29 is 4.79 Å². The summed E-state index contributed by atoms with van der Waals surface area (Å²) in [6.07, 6.45) is 10.3. The number of hydrogen-bond donors (Lipinski definition) is 1. The van der Waals surface area contributed by atoms with Gasteiger partial charge in [-0.05, 0) is 50.5 Å². The van der Waals surface area contributed by atoms with Crippen molar-refractivity contribution in [3.8, 4) is 0 Å². The van der Waals surface area contributed by atoms with Crippen molar-refractivity contribution in [2.45, 2.75) is 71.3 Å². The fourth-order valence-electron chi connectivity index (χ4n) is 4.35. The third kappa shape index (κ3) is 3.13. The van der Waals surface area contributed by atoms with Crippen LogP contribution in [0.3, 0.4) is 0 Å². The van der Waals surface area contributed by atoms with Crippen molar-refractivity contribution in [2.24, 2.45) is 17.3 Å². The first-order valence-electron chi connectivity index (χ1n) is 9.15. The lowest BCUT2D eigenvalue weighted by Crippen LogP contribution is -2.50. The molecule has 1 saturated heterocycles. The molecule has 21 heavy (non-hydrogen) atoms. The number of hydrogen-bond acceptors (Lipinski definition) is 2. The Labute approximate surface area is 129 Å². The van der Waals surface area contributed by atoms with E-state index in [1.165, 1.54) is 44.9 Å². The predicted octanol–water partition coefficient (Wildman–Crippen LogP) is 3.19. The van der Waals surface area contributed by atoms with E-state index in [2.05, 4.69) is 24.1 Å². The summed E-state index contributed by atoms with van der Waals surface area (Å²) in [5.74, 6) is 1.67. The maximum Gasteiger partial charge on any atom is 0.230 e. The van der Waals surface area contributed by atoms with Crippen molar-refractivity contribution in [3.63, 3.8) is 0 Å². The van der Waals surface area contributed by atoms with Gasteiger partial charge in [0.05, 0.1) is 5.41 Å². The second-order valence-electron chi connectivity index (χ2n) is 7.93. The normalized spacial score (nSPS) is 30.8. The molecular weight excluding hydrogens is 260 g/mol. The Morgan fingerprint density at radius 2 is 1.90 bits per heavy atom. The molecular formula is C18H32N2O. The molecule has 1 aliphatic heterocycles. The molecule has 3 aliphatic rings. The number of carbonyl (C=O) groups is 1. The van der Waals surface area contributed by atoms with Crippen LogP contribution in [-0.4, -0.2) is 36.5 Å². The summed E-state index contributed by atoms with van der Waals surface area (Å²) >= 11 is 0. The van der Waals surface area contributed by atoms with Crippen LogP contribution in [0, 0.1) is 17.3 Å². The molecule has 3 fully saturated rings. The number of nitrogens with one attached hydrogen (secondary N) is 1. The Hall–Kier alpha value is -0.570. The van der Waals surface area contributed by atoms with Gasteiger partial charge < -0.3 is 10.2 Å². The van der Waals surface area contributed by atoms with E-state index in [1.54, 1.807) is 0 Å². The van der Waals surface area contributed by atoms with E-state index < -0.39 is 0 Å². The first-order valence-corrected chi connectivity index (χ1v) is 9.15. The Morgan fingerprint density at radius 3 is 2.43 bits per heavy atom. The summed E-state index contributed by atoms with van der Waals surface area (Å²) in [5, 5.41) is 3.45. The van der Waals surface area contributed by atoms with Crippen LogP contribution in [0.25, 0.3) is 0 Å². The molecule has 0 spiro atoms. The fourth-order valence-corrected chi connectivity index (χ4v) is 4.35. The second-order valence-corrected chi connectivity index (χ2v) is 7.93. The van der Waals surface area contributed by atoms with E-state index in [0.29, 0.717) is 17.9 Å². The Kier molecular flexibility index (Phi) is 4.58. The third-order valence-corrected chi connectivity index (χ3v) is 6.15. The molecule has 3 heteroatoms. The van der Waals surface area contributed by atoms with E-state index in [0.717, 1.165) is 32.0 Å². The maximum atomic E-state index is 13.4. The quantitative estimate of drug-likeness (QED) is 0.844. The van der Waals surface area contributed by atoms with Gasteiger partial charge in [-0.2, -0.15) is 0 Å². The van der Waals surface area contributed by atoms with Crippen molar-refractivity contribution >= 4 is 5.91 Å². The van der Waals surface area contributed by atoms with Gasteiger partial charge in [-0.3, -0.25) is 4.79 Å². The van der Waals surface area contributed by atoms with Crippen molar-refractivity contribution in [1.29, 1.82) is 0 Å². The smallest absolute Gasteiger partial charge is 0.230 e. The van der Waals surface area contributed by atoms with E-state index >= 15 is 0 Å². The van der Waals surface area contributed by atoms with Crippen LogP contribution < -0.4 is 5.32 Å². The highest BCUT2D eigenvalue weighted by Crippen LogP contribution is 2.40. The topological polar surface area (TPSA) is 32.3 Å². The van der Waals surface area contributed by atoms with Gasteiger partial charge in [-0.25, -0.2) is 0 Å². The van der Waals surface area contributed by atoms with Gasteiger partial charge in [0.15, 0.2) is 0 Å². The molecule has 0 aromatic rings. The molecule has 1 N–H and O–H groups in total. The van der Waals surface area contributed by atoms with Crippen LogP contribution >= 0.6 is 0 Å². The van der Waals surface area contributed by atoms with Crippen LogP contribution in [0.1, 0.15) is 65.2 Å². The molecule has 0 aromatic heterocycles. The lowest BCUT2D eigenvalue weighted by Gasteiger charge is -2.39. The number of amides is 1. The molecule has 1 unspecified atom stereocenters. The highest BCUT2D eigenvalue weighted by molar-refractivity contribution is 5.84. The van der Waals surface area contributed by atoms with Gasteiger partial charge in [-0.15, -0.1) is 0 Å². The van der Waals surface area contributed by atoms with E-state index in [9.17, 15) is 4.79 Å². The van der Waals surface area contributed by atoms with Crippen LogP contribution in [-0.2, 0) is 4.79 Å². The summed E-state index contributed by atoms with van der Waals surface area (Å²) in [5.41, 5.74) is -0.128. The maximum absolute atomic E-state index is 13.4. The molecule has 1 atom stereocenters. The molecule has 0 bridgehead atoms. The average molecular weight is 292 g/mol. The summed E-state index contributed by atoms with van der Waals surface area (Å²) in [7, 11) is 0. The number of rotatable bonds is 5. The van der Waals surface area contributed by atoms with Gasteiger partial charge in [0, 0.05) is 19.1 Å². The number of carbonyl (C=O) groups excluding carboxylic acids is 1. The van der Waals surface area contributed by atoms with Gasteiger partial charge in [0.2, 0.25) is 5.91 Å². The van der Waals surface area contributed by atoms with Gasteiger partial charge >= 0.3 is 0 Å². The Balaban J connectivity index is 1.71. The highest BCUT2D eigenvalue weighted by atomic mass is 16.2. The predicted molar refractivity (Wildman–Crippen MR) is 86.1 cm³/mol. The van der Waals surface area contributed by atoms with E-state index in [1.807, 2.05) is 0 Å². The van der Waals surface area contributed by atoms with E-state index in [-0.39, 0.29) is 5.41 Å². The average Bonchev–Trinajstić information content (AvgIpc) is 3.20. The molecule has 0 radical (unpaired) electrons. The lowest BCUT2D eigenvalue weighted by atomic mass is 9.75. The SMILES string of the molecule is CC(C)C1(C(=O)N(CC2CCCCC2)C2CC2)CCNC1. The second kappa shape index (κ2) is 6.28. The minimum atomic E-state index is -0.128. The first kappa shape index (κ1) is 15.3. The number of nitrogens with zero attached hydrogens (tertiary/aromatic N) is 1. The fraction of sp³-hybridized carbons (Fsp3) is 0.944. The minimum absolute atomic E-state index is 0.128. The summed E-state index contributed by atoms with van der Waals surface area (Å²) in [6, 6.07) is 0.565. The van der Waals surface area contributed by atoms with Crippen molar-refractivity contribution in [2.75, 3.05) is 19.6 Å². The monoisotopic (exact) mass is 292 g/mol. The molecule has 1 heterocycles. The molecule has 120 valence electrons. The molecule has 0 aromatic carbocycles. The largest absolute Gasteiger partial charge is 0.339 e. The zero-order valence-electron chi connectivity index (χ0n) is 13.9. The van der Waals surface area contributed by atoms with Crippen LogP contribution in [0.2, 0.25) is 0 Å². The lowest BCUT2D eigenvalue weighted by molar-refractivity contribution is -0.145. The van der Waals surface area contributed by atoms with Gasteiger partial charge in [-0.1, -0.05) is 33.1 Å². The van der Waals surface area contributed by atoms with Crippen molar-refractivity contribution in [3.05, 3.63) is 0 Å². The van der Waals surface area contributed by atoms with Crippen molar-refractivity contribution in [1.82, 2.24) is 10.2 Å². The first-order chi connectivity index (χ1) is 10.1. The summed E-state index contributed by atoms with van der Waals surface area (Å²) in [4.78, 5) is 15.7. The molecule has 2 aliphatic carbocycles. The van der Waals surface area contributed by atoms with Crippen LogP contribution in [0.4, 0.5) is 0 Å². The van der Waals surface area contributed by atoms with E-state index in [4.69, 9.17) is 0 Å². The van der Waals surface area contributed by atoms with Gasteiger partial charge in [0.25, 0.3) is 0 Å². The van der Waals surface area contributed by atoms with Crippen LogP contribution in [0.5, 0.6) is 0 Å². The third-order valence-electron chi connectivity index (χ3n) is 6.15. The summed E-state index contributed by atoms with van der Waals surface area (Å²) in [6.45, 7) is 7.40. The molecule has 1 amide bonds. The molecule has 2 saturated carbocycles. The zero-order valence-corrected chi connectivity index (χ0v) is 13.9. The molecule has 3 nitrogen and oxygen atoms in total. The zero-order chi connectivity index (χ0) is 14.9. The van der Waals surface area contributed by atoms with Crippen LogP contribution in [0.15, 0.2) is 0 Å². The standard InChI is InChI=1S/C18H32N2O/c1-14(2)18(10-11-19-13-18)17(21)20(16-8-9-16)12-15-6-4-3-5-7-15/h14-16,19H,3-13H2,1-2H3. The van der Waals surface area contributed by atoms with Gasteiger partial charge in [0.1, 0.15) is 0 Å². The molecule has 3 rings (SSSR count). The highest BCUT2D eigenvalue weighted by Gasteiger charge is 2.49. The minimum Gasteiger partial charge on any atom is -0.339 e.